The van der Waals surface area contributed by atoms with Crippen molar-refractivity contribution in [1.82, 2.24) is 10.6 Å². The Balaban J connectivity index is 1.78. The molecule has 1 atom stereocenters. The number of fused-ring (bicyclic) bond motifs is 1. The lowest BCUT2D eigenvalue weighted by Crippen LogP contribution is -2.44. The van der Waals surface area contributed by atoms with E-state index in [1.54, 1.807) is 19.9 Å². The number of carbonyl (C=O) groups is 4. The fourth-order valence-corrected chi connectivity index (χ4v) is 3.14. The van der Waals surface area contributed by atoms with Gasteiger partial charge in [-0.15, -0.1) is 11.8 Å². The monoisotopic (exact) mass is 365 g/mol. The van der Waals surface area contributed by atoms with Crippen LogP contribution in [0.15, 0.2) is 29.2 Å². The number of esters is 1. The topological polar surface area (TPSA) is 114 Å². The minimum atomic E-state index is -0.738. The highest BCUT2D eigenvalue weighted by atomic mass is 32.2. The van der Waals surface area contributed by atoms with Crippen molar-refractivity contribution < 1.29 is 23.9 Å². The average molecular weight is 365 g/mol. The van der Waals surface area contributed by atoms with Crippen LogP contribution in [0.5, 0.6) is 0 Å². The molecule has 0 radical (unpaired) electrons. The highest BCUT2D eigenvalue weighted by Crippen LogP contribution is 2.36. The van der Waals surface area contributed by atoms with Crippen LogP contribution in [0, 0.1) is 0 Å². The van der Waals surface area contributed by atoms with Gasteiger partial charge in [0.2, 0.25) is 5.91 Å². The van der Waals surface area contributed by atoms with Crippen LogP contribution >= 0.6 is 11.8 Å². The predicted molar refractivity (Wildman–Crippen MR) is 92.1 cm³/mol. The summed E-state index contributed by atoms with van der Waals surface area (Å²) in [5.74, 6) is -1.72. The second-order valence-corrected chi connectivity index (χ2v) is 6.88. The second kappa shape index (κ2) is 8.52. The van der Waals surface area contributed by atoms with Crippen molar-refractivity contribution in [2.45, 2.75) is 36.5 Å². The molecule has 0 aliphatic carbocycles. The molecule has 0 saturated heterocycles. The molecule has 1 aromatic carbocycles. The molecule has 25 heavy (non-hydrogen) atoms. The molecule has 4 amide bonds. The van der Waals surface area contributed by atoms with Gasteiger partial charge in [0.1, 0.15) is 0 Å². The van der Waals surface area contributed by atoms with E-state index < -0.39 is 29.8 Å². The maximum atomic E-state index is 12.0. The van der Waals surface area contributed by atoms with Gasteiger partial charge in [-0.05, 0) is 26.0 Å². The number of hydrogen-bond donors (Lipinski definition) is 3. The highest BCUT2D eigenvalue weighted by molar-refractivity contribution is 8.01. The maximum Gasteiger partial charge on any atom is 0.321 e. The summed E-state index contributed by atoms with van der Waals surface area (Å²) in [4.78, 5) is 47.6. The Hall–Kier alpha value is -2.55. The van der Waals surface area contributed by atoms with E-state index in [2.05, 4.69) is 10.6 Å². The van der Waals surface area contributed by atoms with Gasteiger partial charge in [0, 0.05) is 10.9 Å². The van der Waals surface area contributed by atoms with E-state index in [4.69, 9.17) is 4.74 Å². The SMILES string of the molecule is CC(C)NC(=O)NC(=O)COC(=O)C[C@@H]1Sc2ccccc2NC1=O. The predicted octanol–water partition coefficient (Wildman–Crippen LogP) is 1.27. The van der Waals surface area contributed by atoms with Crippen molar-refractivity contribution in [2.75, 3.05) is 11.9 Å². The largest absolute Gasteiger partial charge is 0.456 e. The van der Waals surface area contributed by atoms with Crippen LogP contribution in [0.25, 0.3) is 0 Å². The Morgan fingerprint density at radius 3 is 2.72 bits per heavy atom. The number of benzene rings is 1. The van der Waals surface area contributed by atoms with Gasteiger partial charge >= 0.3 is 12.0 Å². The smallest absolute Gasteiger partial charge is 0.321 e. The van der Waals surface area contributed by atoms with E-state index in [9.17, 15) is 19.2 Å². The van der Waals surface area contributed by atoms with Crippen LogP contribution in [0.1, 0.15) is 20.3 Å². The van der Waals surface area contributed by atoms with Gasteiger partial charge in [-0.2, -0.15) is 0 Å². The van der Waals surface area contributed by atoms with E-state index in [0.717, 1.165) is 4.90 Å². The Labute approximate surface area is 149 Å². The fourth-order valence-electron chi connectivity index (χ4n) is 2.04. The summed E-state index contributed by atoms with van der Waals surface area (Å²) in [6.45, 7) is 2.91. The minimum Gasteiger partial charge on any atom is -0.456 e. The molecule has 0 spiro atoms. The standard InChI is InChI=1S/C16H19N3O5S/c1-9(2)17-16(23)19-13(20)8-24-14(21)7-12-15(22)18-10-5-3-4-6-11(10)25-12/h3-6,9,12H,7-8H2,1-2H3,(H,18,22)(H2,17,19,20,23)/t12-/m0/s1. The van der Waals surface area contributed by atoms with Gasteiger partial charge in [0.25, 0.3) is 5.91 Å². The lowest BCUT2D eigenvalue weighted by molar-refractivity contribution is -0.148. The van der Waals surface area contributed by atoms with Gasteiger partial charge < -0.3 is 15.4 Å². The number of urea groups is 1. The number of amides is 4. The van der Waals surface area contributed by atoms with Gasteiger partial charge in [-0.1, -0.05) is 12.1 Å². The van der Waals surface area contributed by atoms with Crippen molar-refractivity contribution in [1.29, 1.82) is 0 Å². The first kappa shape index (κ1) is 18.8. The van der Waals surface area contributed by atoms with Crippen molar-refractivity contribution in [3.63, 3.8) is 0 Å². The van der Waals surface area contributed by atoms with E-state index >= 15 is 0 Å². The van der Waals surface area contributed by atoms with E-state index in [1.165, 1.54) is 11.8 Å². The zero-order chi connectivity index (χ0) is 18.4. The molecular formula is C16H19N3O5S. The molecule has 9 heteroatoms. The third kappa shape index (κ3) is 5.79. The molecule has 3 N–H and O–H groups in total. The number of nitrogens with one attached hydrogen (secondary N) is 3. The summed E-state index contributed by atoms with van der Waals surface area (Å²) in [6, 6.07) is 6.49. The third-order valence-corrected chi connectivity index (χ3v) is 4.37. The zero-order valence-corrected chi connectivity index (χ0v) is 14.6. The second-order valence-electron chi connectivity index (χ2n) is 5.63. The maximum absolute atomic E-state index is 12.0. The molecule has 1 aliphatic rings. The highest BCUT2D eigenvalue weighted by Gasteiger charge is 2.29. The zero-order valence-electron chi connectivity index (χ0n) is 13.8. The molecule has 8 nitrogen and oxygen atoms in total. The summed E-state index contributed by atoms with van der Waals surface area (Å²) in [7, 11) is 0. The average Bonchev–Trinajstić information content (AvgIpc) is 2.53. The summed E-state index contributed by atoms with van der Waals surface area (Å²) in [5, 5.41) is 6.61. The number of para-hydroxylation sites is 1. The first-order valence-electron chi connectivity index (χ1n) is 7.67. The van der Waals surface area contributed by atoms with Crippen LogP contribution in [0.3, 0.4) is 0 Å². The van der Waals surface area contributed by atoms with E-state index in [0.29, 0.717) is 5.69 Å². The van der Waals surface area contributed by atoms with Gasteiger partial charge in [0.15, 0.2) is 6.61 Å². The number of anilines is 1. The molecule has 0 unspecified atom stereocenters. The molecule has 134 valence electrons. The van der Waals surface area contributed by atoms with Crippen LogP contribution in [0.2, 0.25) is 0 Å². The quantitative estimate of drug-likeness (QED) is 0.677. The molecule has 1 aromatic rings. The van der Waals surface area contributed by atoms with E-state index in [-0.39, 0.29) is 18.4 Å². The van der Waals surface area contributed by atoms with Crippen LogP contribution < -0.4 is 16.0 Å². The summed E-state index contributed by atoms with van der Waals surface area (Å²) >= 11 is 1.27. The molecule has 1 aliphatic heterocycles. The molecule has 1 heterocycles. The molecule has 0 fully saturated rings. The first-order chi connectivity index (χ1) is 11.8. The molecule has 2 rings (SSSR count). The van der Waals surface area contributed by atoms with Gasteiger partial charge in [-0.25, -0.2) is 4.79 Å². The van der Waals surface area contributed by atoms with Crippen molar-refractivity contribution >= 4 is 41.3 Å². The van der Waals surface area contributed by atoms with Gasteiger partial charge in [-0.3, -0.25) is 19.7 Å². The Kier molecular flexibility index (Phi) is 6.40. The number of carbonyl (C=O) groups excluding carboxylic acids is 4. The lowest BCUT2D eigenvalue weighted by atomic mass is 10.2. The van der Waals surface area contributed by atoms with Crippen LogP contribution in [-0.4, -0.2) is 41.7 Å². The summed E-state index contributed by atoms with van der Waals surface area (Å²) in [6.07, 6.45) is -0.170. The minimum absolute atomic E-state index is 0.125. The number of rotatable bonds is 5. The van der Waals surface area contributed by atoms with Crippen molar-refractivity contribution in [3.8, 4) is 0 Å². The summed E-state index contributed by atoms with van der Waals surface area (Å²) in [5.41, 5.74) is 0.706. The van der Waals surface area contributed by atoms with Crippen LogP contribution in [-0.2, 0) is 19.1 Å². The normalized spacial score (nSPS) is 15.8. The molecule has 0 aromatic heterocycles. The van der Waals surface area contributed by atoms with Crippen molar-refractivity contribution in [2.24, 2.45) is 0 Å². The summed E-state index contributed by atoms with van der Waals surface area (Å²) < 4.78 is 4.82. The number of hydrogen-bond acceptors (Lipinski definition) is 6. The number of imide groups is 1. The number of thioether (sulfide) groups is 1. The Morgan fingerprint density at radius 1 is 1.28 bits per heavy atom. The molecule has 0 bridgehead atoms. The van der Waals surface area contributed by atoms with Crippen molar-refractivity contribution in [3.05, 3.63) is 24.3 Å². The molecule has 0 saturated carbocycles. The van der Waals surface area contributed by atoms with Gasteiger partial charge in [0.05, 0.1) is 17.4 Å². The number of ether oxygens (including phenoxy) is 1. The van der Waals surface area contributed by atoms with Crippen LogP contribution in [0.4, 0.5) is 10.5 Å². The third-order valence-electron chi connectivity index (χ3n) is 3.10. The first-order valence-corrected chi connectivity index (χ1v) is 8.55. The Bertz CT molecular complexity index is 692. The molecular weight excluding hydrogens is 346 g/mol. The Morgan fingerprint density at radius 2 is 2.00 bits per heavy atom. The van der Waals surface area contributed by atoms with E-state index in [1.807, 2.05) is 23.5 Å². The fraction of sp³-hybridized carbons (Fsp3) is 0.375. The lowest BCUT2D eigenvalue weighted by Gasteiger charge is -2.23.